The number of primary amides is 1. The fourth-order valence-electron chi connectivity index (χ4n) is 3.95. The van der Waals surface area contributed by atoms with E-state index in [2.05, 4.69) is 26.1 Å². The van der Waals surface area contributed by atoms with Gasteiger partial charge in [-0.3, -0.25) is 9.59 Å². The monoisotopic (exact) mass is 400 g/mol. The SMILES string of the molecule is COc1c(C)cccc1C(=O)Nc1sc2c(c1C(N)=O)CC[C@H](C(C)(C)C)C2. The smallest absolute Gasteiger partial charge is 0.260 e. The number of fused-ring (bicyclic) bond motifs is 1. The van der Waals surface area contributed by atoms with Crippen molar-refractivity contribution in [2.45, 2.75) is 47.0 Å². The zero-order valence-electron chi connectivity index (χ0n) is 17.1. The lowest BCUT2D eigenvalue weighted by atomic mass is 9.72. The first-order chi connectivity index (χ1) is 13.1. The number of aryl methyl sites for hydroxylation is 1. The van der Waals surface area contributed by atoms with Crippen molar-refractivity contribution >= 4 is 28.2 Å². The van der Waals surface area contributed by atoms with Gasteiger partial charge in [-0.05, 0) is 54.7 Å². The Balaban J connectivity index is 1.95. The standard InChI is InChI=1S/C22H28N2O3S/c1-12-7-6-8-15(18(12)27-5)20(26)24-21-17(19(23)25)14-10-9-13(22(2,3)4)11-16(14)28-21/h6-8,13H,9-11H2,1-5H3,(H2,23,25)(H,24,26)/t13-/m0/s1. The van der Waals surface area contributed by atoms with E-state index in [1.807, 2.05) is 19.1 Å². The van der Waals surface area contributed by atoms with E-state index in [-0.39, 0.29) is 11.3 Å². The van der Waals surface area contributed by atoms with Crippen LogP contribution in [0.2, 0.25) is 0 Å². The predicted molar refractivity (Wildman–Crippen MR) is 113 cm³/mol. The van der Waals surface area contributed by atoms with Crippen LogP contribution in [-0.2, 0) is 12.8 Å². The molecular formula is C22H28N2O3S. The van der Waals surface area contributed by atoms with Gasteiger partial charge in [0.25, 0.3) is 11.8 Å². The van der Waals surface area contributed by atoms with E-state index in [0.717, 1.165) is 35.3 Å². The number of carbonyl (C=O) groups is 2. The zero-order chi connectivity index (χ0) is 20.6. The third-order valence-electron chi connectivity index (χ3n) is 5.62. The Morgan fingerprint density at radius 2 is 2.00 bits per heavy atom. The van der Waals surface area contributed by atoms with Crippen LogP contribution >= 0.6 is 11.3 Å². The van der Waals surface area contributed by atoms with Crippen LogP contribution in [0.4, 0.5) is 5.00 Å². The van der Waals surface area contributed by atoms with E-state index >= 15 is 0 Å². The number of para-hydroxylation sites is 1. The van der Waals surface area contributed by atoms with Crippen molar-refractivity contribution < 1.29 is 14.3 Å². The van der Waals surface area contributed by atoms with Crippen molar-refractivity contribution in [3.05, 3.63) is 45.3 Å². The van der Waals surface area contributed by atoms with Crippen molar-refractivity contribution in [3.63, 3.8) is 0 Å². The Hall–Kier alpha value is -2.34. The molecule has 0 spiro atoms. The average molecular weight is 401 g/mol. The summed E-state index contributed by atoms with van der Waals surface area (Å²) in [5.74, 6) is 0.293. The molecule has 2 aromatic rings. The first-order valence-corrected chi connectivity index (χ1v) is 10.3. The molecule has 0 fully saturated rings. The molecule has 2 amide bonds. The van der Waals surface area contributed by atoms with E-state index in [1.165, 1.54) is 11.3 Å². The van der Waals surface area contributed by atoms with Crippen LogP contribution in [0, 0.1) is 18.3 Å². The molecule has 3 N–H and O–H groups in total. The summed E-state index contributed by atoms with van der Waals surface area (Å²) in [4.78, 5) is 26.3. The van der Waals surface area contributed by atoms with Crippen molar-refractivity contribution in [2.75, 3.05) is 12.4 Å². The average Bonchev–Trinajstić information content (AvgIpc) is 2.97. The largest absolute Gasteiger partial charge is 0.496 e. The van der Waals surface area contributed by atoms with Gasteiger partial charge in [0, 0.05) is 4.88 Å². The Morgan fingerprint density at radius 3 is 2.61 bits per heavy atom. The molecule has 28 heavy (non-hydrogen) atoms. The molecule has 3 rings (SSSR count). The summed E-state index contributed by atoms with van der Waals surface area (Å²) in [6, 6.07) is 5.42. The molecule has 5 nitrogen and oxygen atoms in total. The molecule has 1 aromatic carbocycles. The zero-order valence-corrected chi connectivity index (χ0v) is 18.0. The van der Waals surface area contributed by atoms with Gasteiger partial charge in [0.05, 0.1) is 18.2 Å². The molecule has 150 valence electrons. The van der Waals surface area contributed by atoms with Gasteiger partial charge in [-0.25, -0.2) is 0 Å². The molecule has 0 bridgehead atoms. The molecule has 0 unspecified atom stereocenters. The number of methoxy groups -OCH3 is 1. The summed E-state index contributed by atoms with van der Waals surface area (Å²) in [5, 5.41) is 3.46. The number of benzene rings is 1. The van der Waals surface area contributed by atoms with Crippen LogP contribution in [-0.4, -0.2) is 18.9 Å². The molecule has 6 heteroatoms. The number of hydrogen-bond acceptors (Lipinski definition) is 4. The molecule has 0 saturated heterocycles. The lowest BCUT2D eigenvalue weighted by Crippen LogP contribution is -2.27. The van der Waals surface area contributed by atoms with E-state index < -0.39 is 5.91 Å². The van der Waals surface area contributed by atoms with Gasteiger partial charge < -0.3 is 15.8 Å². The normalized spacial score (nSPS) is 16.4. The number of nitrogens with one attached hydrogen (secondary N) is 1. The van der Waals surface area contributed by atoms with Crippen molar-refractivity contribution in [1.29, 1.82) is 0 Å². The van der Waals surface area contributed by atoms with Gasteiger partial charge in [-0.15, -0.1) is 11.3 Å². The van der Waals surface area contributed by atoms with Crippen molar-refractivity contribution in [1.82, 2.24) is 0 Å². The van der Waals surface area contributed by atoms with Crippen LogP contribution in [0.15, 0.2) is 18.2 Å². The highest BCUT2D eigenvalue weighted by atomic mass is 32.1. The minimum Gasteiger partial charge on any atom is -0.496 e. The number of ether oxygens (including phenoxy) is 1. The van der Waals surface area contributed by atoms with Crippen LogP contribution in [0.1, 0.15) is 63.9 Å². The van der Waals surface area contributed by atoms with Gasteiger partial charge in [0.2, 0.25) is 0 Å². The van der Waals surface area contributed by atoms with Gasteiger partial charge in [-0.2, -0.15) is 0 Å². The highest BCUT2D eigenvalue weighted by molar-refractivity contribution is 7.17. The second-order valence-electron chi connectivity index (χ2n) is 8.49. The third-order valence-corrected chi connectivity index (χ3v) is 6.79. The summed E-state index contributed by atoms with van der Waals surface area (Å²) in [6.45, 7) is 8.63. The summed E-state index contributed by atoms with van der Waals surface area (Å²) < 4.78 is 5.40. The maximum absolute atomic E-state index is 12.9. The predicted octanol–water partition coefficient (Wildman–Crippen LogP) is 4.57. The van der Waals surface area contributed by atoms with E-state index in [9.17, 15) is 9.59 Å². The second-order valence-corrected chi connectivity index (χ2v) is 9.59. The summed E-state index contributed by atoms with van der Waals surface area (Å²) in [7, 11) is 1.55. The second kappa shape index (κ2) is 7.59. The number of anilines is 1. The van der Waals surface area contributed by atoms with Crippen LogP contribution in [0.5, 0.6) is 5.75 Å². The lowest BCUT2D eigenvalue weighted by molar-refractivity contribution is 0.1000. The van der Waals surface area contributed by atoms with Crippen LogP contribution in [0.25, 0.3) is 0 Å². The third kappa shape index (κ3) is 3.78. The minimum absolute atomic E-state index is 0.201. The minimum atomic E-state index is -0.488. The summed E-state index contributed by atoms with van der Waals surface area (Å²) >= 11 is 1.48. The van der Waals surface area contributed by atoms with Crippen molar-refractivity contribution in [2.24, 2.45) is 17.1 Å². The number of thiophene rings is 1. The van der Waals surface area contributed by atoms with Gasteiger partial charge >= 0.3 is 0 Å². The Labute approximate surface area is 170 Å². The topological polar surface area (TPSA) is 81.4 Å². The van der Waals surface area contributed by atoms with Gasteiger partial charge in [-0.1, -0.05) is 32.9 Å². The molecule has 1 heterocycles. The maximum atomic E-state index is 12.9. The molecule has 1 aliphatic carbocycles. The van der Waals surface area contributed by atoms with E-state index in [1.54, 1.807) is 13.2 Å². The Morgan fingerprint density at radius 1 is 1.29 bits per heavy atom. The van der Waals surface area contributed by atoms with Crippen LogP contribution in [0.3, 0.4) is 0 Å². The quantitative estimate of drug-likeness (QED) is 0.789. The molecular weight excluding hydrogens is 372 g/mol. The maximum Gasteiger partial charge on any atom is 0.260 e. The summed E-state index contributed by atoms with van der Waals surface area (Å²) in [6.07, 6.45) is 2.75. The number of nitrogens with two attached hydrogens (primary N) is 1. The Kier molecular flexibility index (Phi) is 5.53. The van der Waals surface area contributed by atoms with Gasteiger partial charge in [0.15, 0.2) is 0 Å². The van der Waals surface area contributed by atoms with Crippen molar-refractivity contribution in [3.8, 4) is 5.75 Å². The number of carbonyl (C=O) groups excluding carboxylic acids is 2. The van der Waals surface area contributed by atoms with Gasteiger partial charge in [0.1, 0.15) is 10.8 Å². The lowest BCUT2D eigenvalue weighted by Gasteiger charge is -2.33. The number of amides is 2. The Bertz CT molecular complexity index is 925. The molecule has 0 aliphatic heterocycles. The molecule has 0 radical (unpaired) electrons. The summed E-state index contributed by atoms with van der Waals surface area (Å²) in [5.41, 5.74) is 8.68. The molecule has 0 saturated carbocycles. The van der Waals surface area contributed by atoms with Crippen LogP contribution < -0.4 is 15.8 Å². The number of rotatable bonds is 4. The highest BCUT2D eigenvalue weighted by Crippen LogP contribution is 2.44. The fraction of sp³-hybridized carbons (Fsp3) is 0.455. The molecule has 1 aromatic heterocycles. The molecule has 1 atom stereocenters. The highest BCUT2D eigenvalue weighted by Gasteiger charge is 2.33. The number of hydrogen-bond donors (Lipinski definition) is 2. The van der Waals surface area contributed by atoms with E-state index in [4.69, 9.17) is 10.5 Å². The first kappa shape index (κ1) is 20.4. The fourth-order valence-corrected chi connectivity index (χ4v) is 5.27. The van der Waals surface area contributed by atoms with E-state index in [0.29, 0.717) is 27.8 Å². The first-order valence-electron chi connectivity index (χ1n) is 9.52. The molecule has 1 aliphatic rings.